The van der Waals surface area contributed by atoms with Gasteiger partial charge in [-0.05, 0) is 25.5 Å². The first kappa shape index (κ1) is 12.6. The van der Waals surface area contributed by atoms with Crippen molar-refractivity contribution < 1.29 is 4.74 Å². The number of hydrogen-bond acceptors (Lipinski definition) is 3. The Morgan fingerprint density at radius 1 is 1.50 bits per heavy atom. The van der Waals surface area contributed by atoms with Crippen LogP contribution < -0.4 is 11.1 Å². The summed E-state index contributed by atoms with van der Waals surface area (Å²) in [5, 5.41) is 3.25. The molecule has 0 aliphatic rings. The lowest BCUT2D eigenvalue weighted by Crippen LogP contribution is -2.11. The van der Waals surface area contributed by atoms with Crippen LogP contribution in [-0.4, -0.2) is 19.8 Å². The maximum absolute atomic E-state index is 5.93. The molecule has 0 saturated heterocycles. The summed E-state index contributed by atoms with van der Waals surface area (Å²) in [6, 6.07) is 5.96. The summed E-state index contributed by atoms with van der Waals surface area (Å²) in [5.41, 5.74) is 9.83. The van der Waals surface area contributed by atoms with E-state index in [1.807, 2.05) is 32.0 Å². The molecule has 0 unspecified atom stereocenters. The molecule has 3 heteroatoms. The van der Waals surface area contributed by atoms with E-state index in [0.29, 0.717) is 13.2 Å². The zero-order chi connectivity index (χ0) is 12.0. The minimum atomic E-state index is 0.616. The number of benzene rings is 1. The third kappa shape index (κ3) is 3.95. The summed E-state index contributed by atoms with van der Waals surface area (Å²) in [5.74, 6) is 0. The lowest BCUT2D eigenvalue weighted by molar-refractivity contribution is 0.167. The summed E-state index contributed by atoms with van der Waals surface area (Å²) in [7, 11) is 0. The van der Waals surface area contributed by atoms with E-state index >= 15 is 0 Å². The van der Waals surface area contributed by atoms with E-state index < -0.39 is 0 Å². The van der Waals surface area contributed by atoms with E-state index in [1.165, 1.54) is 0 Å². The minimum Gasteiger partial charge on any atom is -0.397 e. The van der Waals surface area contributed by atoms with Gasteiger partial charge in [0.1, 0.15) is 0 Å². The molecule has 0 radical (unpaired) electrons. The number of rotatable bonds is 6. The summed E-state index contributed by atoms with van der Waals surface area (Å²) in [6.45, 7) is 9.74. The normalized spacial score (nSPS) is 10.1. The molecular formula is C13H20N2O. The van der Waals surface area contributed by atoms with Crippen molar-refractivity contribution in [3.05, 3.63) is 35.9 Å². The van der Waals surface area contributed by atoms with Crippen LogP contribution in [-0.2, 0) is 4.74 Å². The average molecular weight is 220 g/mol. The van der Waals surface area contributed by atoms with Crippen LogP contribution in [0.25, 0.3) is 0 Å². The van der Waals surface area contributed by atoms with Crippen molar-refractivity contribution >= 4 is 11.4 Å². The van der Waals surface area contributed by atoms with Gasteiger partial charge in [0.15, 0.2) is 0 Å². The Kier molecular flexibility index (Phi) is 4.86. The van der Waals surface area contributed by atoms with Crippen LogP contribution in [0.2, 0.25) is 0 Å². The second-order valence-electron chi connectivity index (χ2n) is 3.97. The Morgan fingerprint density at radius 3 is 2.94 bits per heavy atom. The highest BCUT2D eigenvalue weighted by Crippen LogP contribution is 2.21. The van der Waals surface area contributed by atoms with Crippen molar-refractivity contribution in [2.75, 3.05) is 30.8 Å². The summed E-state index contributed by atoms with van der Waals surface area (Å²) < 4.78 is 5.38. The molecule has 0 atom stereocenters. The van der Waals surface area contributed by atoms with E-state index in [9.17, 15) is 0 Å². The smallest absolute Gasteiger partial charge is 0.0672 e. The van der Waals surface area contributed by atoms with E-state index in [-0.39, 0.29) is 0 Å². The van der Waals surface area contributed by atoms with Gasteiger partial charge in [-0.3, -0.25) is 0 Å². The molecular weight excluding hydrogens is 200 g/mol. The van der Waals surface area contributed by atoms with Crippen molar-refractivity contribution in [3.8, 4) is 0 Å². The second-order valence-corrected chi connectivity index (χ2v) is 3.97. The fourth-order valence-electron chi connectivity index (χ4n) is 1.34. The molecule has 0 bridgehead atoms. The van der Waals surface area contributed by atoms with Gasteiger partial charge in [-0.2, -0.15) is 0 Å². The first-order valence-electron chi connectivity index (χ1n) is 5.42. The molecule has 0 amide bonds. The predicted molar refractivity (Wildman–Crippen MR) is 69.7 cm³/mol. The third-order valence-corrected chi connectivity index (χ3v) is 2.23. The van der Waals surface area contributed by atoms with Crippen molar-refractivity contribution in [1.82, 2.24) is 0 Å². The number of aryl methyl sites for hydroxylation is 1. The van der Waals surface area contributed by atoms with E-state index in [2.05, 4.69) is 11.9 Å². The number of hydrogen-bond donors (Lipinski definition) is 2. The van der Waals surface area contributed by atoms with Gasteiger partial charge >= 0.3 is 0 Å². The molecule has 0 spiro atoms. The van der Waals surface area contributed by atoms with Crippen LogP contribution in [0.5, 0.6) is 0 Å². The van der Waals surface area contributed by atoms with Gasteiger partial charge in [0.2, 0.25) is 0 Å². The van der Waals surface area contributed by atoms with Crippen LogP contribution in [0.15, 0.2) is 30.4 Å². The summed E-state index contributed by atoms with van der Waals surface area (Å²) in [6.07, 6.45) is 0. The maximum atomic E-state index is 5.93. The molecule has 0 aromatic heterocycles. The van der Waals surface area contributed by atoms with Crippen molar-refractivity contribution in [2.45, 2.75) is 13.8 Å². The van der Waals surface area contributed by atoms with Gasteiger partial charge in [-0.1, -0.05) is 24.3 Å². The number of ether oxygens (including phenoxy) is 1. The van der Waals surface area contributed by atoms with Crippen LogP contribution in [0.1, 0.15) is 12.5 Å². The van der Waals surface area contributed by atoms with Gasteiger partial charge < -0.3 is 15.8 Å². The lowest BCUT2D eigenvalue weighted by atomic mass is 10.2. The molecule has 0 fully saturated rings. The molecule has 0 heterocycles. The van der Waals surface area contributed by atoms with Crippen molar-refractivity contribution in [1.29, 1.82) is 0 Å². The van der Waals surface area contributed by atoms with E-state index in [1.54, 1.807) is 0 Å². The highest BCUT2D eigenvalue weighted by Gasteiger charge is 1.99. The van der Waals surface area contributed by atoms with Gasteiger partial charge in [0, 0.05) is 6.54 Å². The predicted octanol–water partition coefficient (Wildman–Crippen LogP) is 2.58. The number of para-hydroxylation sites is 1. The molecule has 0 aliphatic heterocycles. The number of nitrogens with two attached hydrogens (primary N) is 1. The van der Waals surface area contributed by atoms with E-state index in [0.717, 1.165) is 29.1 Å². The quantitative estimate of drug-likeness (QED) is 0.440. The zero-order valence-electron chi connectivity index (χ0n) is 10.0. The van der Waals surface area contributed by atoms with E-state index in [4.69, 9.17) is 10.5 Å². The molecule has 3 nitrogen and oxygen atoms in total. The zero-order valence-corrected chi connectivity index (χ0v) is 10.0. The third-order valence-electron chi connectivity index (χ3n) is 2.23. The largest absolute Gasteiger partial charge is 0.397 e. The average Bonchev–Trinajstić information content (AvgIpc) is 2.23. The molecule has 0 saturated carbocycles. The van der Waals surface area contributed by atoms with Crippen molar-refractivity contribution in [3.63, 3.8) is 0 Å². The minimum absolute atomic E-state index is 0.616. The van der Waals surface area contributed by atoms with Crippen LogP contribution >= 0.6 is 0 Å². The Balaban J connectivity index is 2.32. The number of nitrogens with one attached hydrogen (secondary N) is 1. The molecule has 16 heavy (non-hydrogen) atoms. The summed E-state index contributed by atoms with van der Waals surface area (Å²) >= 11 is 0. The topological polar surface area (TPSA) is 47.3 Å². The Hall–Kier alpha value is -1.48. The van der Waals surface area contributed by atoms with Gasteiger partial charge in [-0.25, -0.2) is 0 Å². The number of anilines is 2. The number of nitrogen functional groups attached to an aromatic ring is 1. The molecule has 0 aliphatic carbocycles. The van der Waals surface area contributed by atoms with Crippen LogP contribution in [0, 0.1) is 6.92 Å². The first-order valence-corrected chi connectivity index (χ1v) is 5.42. The monoisotopic (exact) mass is 220 g/mol. The Morgan fingerprint density at radius 2 is 2.25 bits per heavy atom. The fraction of sp³-hybridized carbons (Fsp3) is 0.385. The standard InChI is InChI=1S/C13H20N2O/c1-10(2)9-16-8-7-15-12-6-4-5-11(3)13(12)14/h4-6,15H,1,7-9,14H2,2-3H3. The van der Waals surface area contributed by atoms with Gasteiger partial charge in [-0.15, -0.1) is 0 Å². The Labute approximate surface area is 97.3 Å². The molecule has 1 aromatic carbocycles. The fourth-order valence-corrected chi connectivity index (χ4v) is 1.34. The van der Waals surface area contributed by atoms with Crippen LogP contribution in [0.4, 0.5) is 11.4 Å². The van der Waals surface area contributed by atoms with Gasteiger partial charge in [0.05, 0.1) is 24.6 Å². The van der Waals surface area contributed by atoms with Crippen molar-refractivity contribution in [2.24, 2.45) is 0 Å². The molecule has 1 rings (SSSR count). The SMILES string of the molecule is C=C(C)COCCNc1cccc(C)c1N. The maximum Gasteiger partial charge on any atom is 0.0672 e. The first-order chi connectivity index (χ1) is 7.61. The Bertz CT molecular complexity index is 361. The highest BCUT2D eigenvalue weighted by atomic mass is 16.5. The lowest BCUT2D eigenvalue weighted by Gasteiger charge is -2.11. The summed E-state index contributed by atoms with van der Waals surface area (Å²) in [4.78, 5) is 0. The van der Waals surface area contributed by atoms with Gasteiger partial charge in [0.25, 0.3) is 0 Å². The molecule has 88 valence electrons. The second kappa shape index (κ2) is 6.18. The highest BCUT2D eigenvalue weighted by molar-refractivity contribution is 5.69. The van der Waals surface area contributed by atoms with Crippen LogP contribution in [0.3, 0.4) is 0 Å². The molecule has 3 N–H and O–H groups in total. The molecule has 1 aromatic rings.